The van der Waals surface area contributed by atoms with Gasteiger partial charge in [0.25, 0.3) is 0 Å². The SMILES string of the molecule is CCCC(C(=O)N1CCOCC1CC)/C(N)=N/O. The Morgan fingerprint density at radius 3 is 2.89 bits per heavy atom. The summed E-state index contributed by atoms with van der Waals surface area (Å²) in [4.78, 5) is 14.3. The number of carbonyl (C=O) groups excluding carboxylic acids is 1. The molecular formula is C12H23N3O3. The van der Waals surface area contributed by atoms with E-state index >= 15 is 0 Å². The molecule has 0 aromatic heterocycles. The lowest BCUT2D eigenvalue weighted by Gasteiger charge is -2.37. The number of hydrogen-bond donors (Lipinski definition) is 2. The molecule has 2 unspecified atom stereocenters. The number of morpholine rings is 1. The maximum Gasteiger partial charge on any atom is 0.233 e. The summed E-state index contributed by atoms with van der Waals surface area (Å²) >= 11 is 0. The number of oxime groups is 1. The van der Waals surface area contributed by atoms with Gasteiger partial charge in [-0.15, -0.1) is 0 Å². The van der Waals surface area contributed by atoms with Gasteiger partial charge < -0.3 is 20.6 Å². The Morgan fingerprint density at radius 1 is 1.61 bits per heavy atom. The number of rotatable bonds is 5. The summed E-state index contributed by atoms with van der Waals surface area (Å²) in [7, 11) is 0. The number of amides is 1. The van der Waals surface area contributed by atoms with Crippen LogP contribution in [0.1, 0.15) is 33.1 Å². The third-order valence-electron chi connectivity index (χ3n) is 3.33. The van der Waals surface area contributed by atoms with Crippen molar-refractivity contribution >= 4 is 11.7 Å². The minimum Gasteiger partial charge on any atom is -0.409 e. The lowest BCUT2D eigenvalue weighted by atomic mass is 9.99. The van der Waals surface area contributed by atoms with Crippen LogP contribution in [0.25, 0.3) is 0 Å². The highest BCUT2D eigenvalue weighted by molar-refractivity contribution is 6.02. The monoisotopic (exact) mass is 257 g/mol. The molecule has 1 saturated heterocycles. The van der Waals surface area contributed by atoms with Gasteiger partial charge in [-0.1, -0.05) is 25.4 Å². The molecule has 1 rings (SSSR count). The van der Waals surface area contributed by atoms with E-state index in [-0.39, 0.29) is 17.8 Å². The summed E-state index contributed by atoms with van der Waals surface area (Å²) in [6, 6.07) is 0.0945. The molecule has 1 aliphatic heterocycles. The summed E-state index contributed by atoms with van der Waals surface area (Å²) in [6.45, 7) is 5.70. The van der Waals surface area contributed by atoms with E-state index in [9.17, 15) is 4.79 Å². The molecule has 0 aromatic rings. The van der Waals surface area contributed by atoms with Crippen molar-refractivity contribution in [3.63, 3.8) is 0 Å². The summed E-state index contributed by atoms with van der Waals surface area (Å²) < 4.78 is 5.38. The number of nitrogens with zero attached hydrogens (tertiary/aromatic N) is 2. The fourth-order valence-electron chi connectivity index (χ4n) is 2.24. The van der Waals surface area contributed by atoms with Crippen LogP contribution in [0.15, 0.2) is 5.16 Å². The van der Waals surface area contributed by atoms with Crippen LogP contribution in [0.4, 0.5) is 0 Å². The second-order valence-corrected chi connectivity index (χ2v) is 4.53. The maximum atomic E-state index is 12.5. The third kappa shape index (κ3) is 3.35. The molecule has 0 aromatic carbocycles. The summed E-state index contributed by atoms with van der Waals surface area (Å²) in [5.74, 6) is -0.572. The molecule has 0 spiro atoms. The van der Waals surface area contributed by atoms with Crippen molar-refractivity contribution in [2.24, 2.45) is 16.8 Å². The third-order valence-corrected chi connectivity index (χ3v) is 3.33. The van der Waals surface area contributed by atoms with Crippen molar-refractivity contribution in [2.45, 2.75) is 39.2 Å². The molecule has 3 N–H and O–H groups in total. The van der Waals surface area contributed by atoms with Crippen LogP contribution < -0.4 is 5.73 Å². The Morgan fingerprint density at radius 2 is 2.33 bits per heavy atom. The van der Waals surface area contributed by atoms with Crippen LogP contribution in [-0.4, -0.2) is 47.7 Å². The molecular weight excluding hydrogens is 234 g/mol. The van der Waals surface area contributed by atoms with Crippen molar-refractivity contribution < 1.29 is 14.7 Å². The normalized spacial score (nSPS) is 22.9. The summed E-state index contributed by atoms with van der Waals surface area (Å²) in [5.41, 5.74) is 5.62. The fraction of sp³-hybridized carbons (Fsp3) is 0.833. The zero-order chi connectivity index (χ0) is 13.5. The van der Waals surface area contributed by atoms with E-state index in [2.05, 4.69) is 5.16 Å². The highest BCUT2D eigenvalue weighted by atomic mass is 16.5. The van der Waals surface area contributed by atoms with Crippen LogP contribution >= 0.6 is 0 Å². The quantitative estimate of drug-likeness (QED) is 0.330. The minimum absolute atomic E-state index is 0.00296. The first-order valence-electron chi connectivity index (χ1n) is 6.51. The van der Waals surface area contributed by atoms with Crippen molar-refractivity contribution in [2.75, 3.05) is 19.8 Å². The van der Waals surface area contributed by atoms with E-state index in [1.54, 1.807) is 0 Å². The van der Waals surface area contributed by atoms with Gasteiger partial charge in [0, 0.05) is 6.54 Å². The van der Waals surface area contributed by atoms with Gasteiger partial charge in [-0.05, 0) is 12.8 Å². The zero-order valence-corrected chi connectivity index (χ0v) is 11.1. The van der Waals surface area contributed by atoms with Crippen LogP contribution in [0, 0.1) is 5.92 Å². The standard InChI is InChI=1S/C12H23N3O3/c1-3-5-10(11(13)14-17)12(16)15-6-7-18-8-9(15)4-2/h9-10,17H,3-8H2,1-2H3,(H2,13,14). The average Bonchev–Trinajstić information content (AvgIpc) is 2.43. The van der Waals surface area contributed by atoms with Gasteiger partial charge >= 0.3 is 0 Å². The van der Waals surface area contributed by atoms with Crippen molar-refractivity contribution in [1.82, 2.24) is 4.90 Å². The smallest absolute Gasteiger partial charge is 0.233 e. The minimum atomic E-state index is -0.521. The van der Waals surface area contributed by atoms with E-state index in [0.717, 1.165) is 12.8 Å². The molecule has 104 valence electrons. The van der Waals surface area contributed by atoms with E-state index in [0.29, 0.717) is 26.2 Å². The molecule has 0 aliphatic carbocycles. The van der Waals surface area contributed by atoms with Gasteiger partial charge in [0.1, 0.15) is 0 Å². The van der Waals surface area contributed by atoms with E-state index in [1.165, 1.54) is 0 Å². The summed E-state index contributed by atoms with van der Waals surface area (Å²) in [5, 5.41) is 11.8. The van der Waals surface area contributed by atoms with E-state index in [1.807, 2.05) is 18.7 Å². The van der Waals surface area contributed by atoms with Crippen LogP contribution in [-0.2, 0) is 9.53 Å². The van der Waals surface area contributed by atoms with Gasteiger partial charge in [-0.2, -0.15) is 0 Å². The number of carbonyl (C=O) groups is 1. The zero-order valence-electron chi connectivity index (χ0n) is 11.1. The van der Waals surface area contributed by atoms with Crippen molar-refractivity contribution in [1.29, 1.82) is 0 Å². The van der Waals surface area contributed by atoms with E-state index < -0.39 is 5.92 Å². The largest absolute Gasteiger partial charge is 0.409 e. The van der Waals surface area contributed by atoms with Crippen molar-refractivity contribution in [3.8, 4) is 0 Å². The number of nitrogens with two attached hydrogens (primary N) is 1. The molecule has 6 heteroatoms. The molecule has 1 fully saturated rings. The van der Waals surface area contributed by atoms with Gasteiger partial charge in [0.2, 0.25) is 5.91 Å². The Kier molecular flexibility index (Phi) is 5.91. The predicted molar refractivity (Wildman–Crippen MR) is 68.4 cm³/mol. The molecule has 18 heavy (non-hydrogen) atoms. The maximum absolute atomic E-state index is 12.5. The van der Waals surface area contributed by atoms with Crippen LogP contribution in [0.3, 0.4) is 0 Å². The number of hydrogen-bond acceptors (Lipinski definition) is 4. The molecule has 1 amide bonds. The topological polar surface area (TPSA) is 88.2 Å². The lowest BCUT2D eigenvalue weighted by Crippen LogP contribution is -2.52. The second-order valence-electron chi connectivity index (χ2n) is 4.53. The second kappa shape index (κ2) is 7.20. The Balaban J connectivity index is 2.80. The van der Waals surface area contributed by atoms with Crippen LogP contribution in [0.5, 0.6) is 0 Å². The highest BCUT2D eigenvalue weighted by Gasteiger charge is 2.32. The first-order chi connectivity index (χ1) is 8.65. The molecule has 1 aliphatic rings. The number of amidine groups is 1. The van der Waals surface area contributed by atoms with Crippen LogP contribution in [0.2, 0.25) is 0 Å². The highest BCUT2D eigenvalue weighted by Crippen LogP contribution is 2.17. The molecule has 6 nitrogen and oxygen atoms in total. The molecule has 0 bridgehead atoms. The Bertz CT molecular complexity index is 307. The van der Waals surface area contributed by atoms with Gasteiger partial charge in [0.15, 0.2) is 5.84 Å². The first kappa shape index (κ1) is 14.8. The Labute approximate surface area is 108 Å². The summed E-state index contributed by atoms with van der Waals surface area (Å²) in [6.07, 6.45) is 2.26. The van der Waals surface area contributed by atoms with Gasteiger partial charge in [-0.3, -0.25) is 4.79 Å². The van der Waals surface area contributed by atoms with Crippen molar-refractivity contribution in [3.05, 3.63) is 0 Å². The molecule has 1 heterocycles. The molecule has 0 radical (unpaired) electrons. The molecule has 0 saturated carbocycles. The fourth-order valence-corrected chi connectivity index (χ4v) is 2.24. The predicted octanol–water partition coefficient (Wildman–Crippen LogP) is 0.787. The average molecular weight is 257 g/mol. The number of ether oxygens (including phenoxy) is 1. The lowest BCUT2D eigenvalue weighted by molar-refractivity contribution is -0.142. The first-order valence-corrected chi connectivity index (χ1v) is 6.51. The van der Waals surface area contributed by atoms with E-state index in [4.69, 9.17) is 15.7 Å². The Hall–Kier alpha value is -1.30. The molecule has 2 atom stereocenters. The van der Waals surface area contributed by atoms with Gasteiger partial charge in [0.05, 0.1) is 25.2 Å². The van der Waals surface area contributed by atoms with Gasteiger partial charge in [-0.25, -0.2) is 0 Å².